The molecule has 1 saturated heterocycles. The summed E-state index contributed by atoms with van der Waals surface area (Å²) in [5, 5.41) is 8.87. The number of aliphatic carboxylic acids is 1. The van der Waals surface area contributed by atoms with Crippen LogP contribution in [0.1, 0.15) is 30.4 Å². The minimum absolute atomic E-state index is 0.00923. The highest BCUT2D eigenvalue weighted by Gasteiger charge is 2.30. The van der Waals surface area contributed by atoms with Gasteiger partial charge in [-0.25, -0.2) is 0 Å². The number of carbonyl (C=O) groups excluding carboxylic acids is 1. The topological polar surface area (TPSA) is 66.8 Å². The molecule has 5 heteroatoms. The predicted octanol–water partition coefficient (Wildman–Crippen LogP) is 2.15. The molecule has 1 unspecified atom stereocenters. The number of carbonyl (C=O) groups is 2. The number of aryl methyl sites for hydroxylation is 2. The number of carboxylic acids is 1. The maximum Gasteiger partial charge on any atom is 0.305 e. The maximum atomic E-state index is 12.2. The molecule has 114 valence electrons. The van der Waals surface area contributed by atoms with Crippen LogP contribution in [0.3, 0.4) is 0 Å². The highest BCUT2D eigenvalue weighted by Crippen LogP contribution is 2.22. The third-order valence-electron chi connectivity index (χ3n) is 3.79. The van der Waals surface area contributed by atoms with Crippen molar-refractivity contribution in [1.82, 2.24) is 4.90 Å². The molecule has 1 aliphatic rings. The highest BCUT2D eigenvalue weighted by molar-refractivity contribution is 5.79. The van der Waals surface area contributed by atoms with E-state index >= 15 is 0 Å². The molecular formula is C16H21NO4. The Morgan fingerprint density at radius 2 is 2.14 bits per heavy atom. The van der Waals surface area contributed by atoms with Gasteiger partial charge in [-0.05, 0) is 38.3 Å². The Bertz CT molecular complexity index is 541. The quantitative estimate of drug-likeness (QED) is 0.902. The van der Waals surface area contributed by atoms with E-state index < -0.39 is 5.97 Å². The lowest BCUT2D eigenvalue weighted by molar-refractivity contribution is -0.140. The van der Waals surface area contributed by atoms with Gasteiger partial charge in [-0.3, -0.25) is 9.59 Å². The summed E-state index contributed by atoms with van der Waals surface area (Å²) in [6.45, 7) is 4.52. The van der Waals surface area contributed by atoms with E-state index in [9.17, 15) is 9.59 Å². The lowest BCUT2D eigenvalue weighted by Gasteiger charge is -2.23. The van der Waals surface area contributed by atoms with Gasteiger partial charge in [-0.2, -0.15) is 0 Å². The second-order valence-corrected chi connectivity index (χ2v) is 5.54. The van der Waals surface area contributed by atoms with Crippen molar-refractivity contribution in [2.24, 2.45) is 0 Å². The Morgan fingerprint density at radius 3 is 2.81 bits per heavy atom. The van der Waals surface area contributed by atoms with Crippen LogP contribution in [-0.2, 0) is 9.59 Å². The van der Waals surface area contributed by atoms with Crippen LogP contribution in [0.2, 0.25) is 0 Å². The molecule has 1 amide bonds. The van der Waals surface area contributed by atoms with Gasteiger partial charge in [0.1, 0.15) is 5.75 Å². The molecule has 0 bridgehead atoms. The smallest absolute Gasteiger partial charge is 0.305 e. The zero-order valence-corrected chi connectivity index (χ0v) is 12.5. The first-order valence-corrected chi connectivity index (χ1v) is 7.18. The molecule has 1 fully saturated rings. The van der Waals surface area contributed by atoms with Crippen molar-refractivity contribution in [3.8, 4) is 5.75 Å². The fraction of sp³-hybridized carbons (Fsp3) is 0.500. The molecule has 1 heterocycles. The number of benzene rings is 1. The average Bonchev–Trinajstić information content (AvgIpc) is 2.84. The van der Waals surface area contributed by atoms with Gasteiger partial charge in [0.25, 0.3) is 5.91 Å². The number of carboxylic acid groups (broad SMARTS) is 1. The normalized spacial score (nSPS) is 17.8. The standard InChI is InChI=1S/C16H21NO4/c1-11-5-6-14(12(2)8-11)21-10-15(18)17-7-3-4-13(17)9-16(19)20/h5-6,8,13H,3-4,7,9-10H2,1-2H3,(H,19,20). The summed E-state index contributed by atoms with van der Waals surface area (Å²) in [6.07, 6.45) is 1.62. The first-order chi connectivity index (χ1) is 9.97. The third-order valence-corrected chi connectivity index (χ3v) is 3.79. The molecular weight excluding hydrogens is 270 g/mol. The molecule has 0 spiro atoms. The van der Waals surface area contributed by atoms with Crippen molar-refractivity contribution in [3.63, 3.8) is 0 Å². The second kappa shape index (κ2) is 6.61. The SMILES string of the molecule is Cc1ccc(OCC(=O)N2CCCC2CC(=O)O)c(C)c1. The summed E-state index contributed by atoms with van der Waals surface area (Å²) >= 11 is 0. The van der Waals surface area contributed by atoms with Crippen LogP contribution >= 0.6 is 0 Å². The third kappa shape index (κ3) is 3.97. The molecule has 1 N–H and O–H groups in total. The first-order valence-electron chi connectivity index (χ1n) is 7.18. The Morgan fingerprint density at radius 1 is 1.38 bits per heavy atom. The van der Waals surface area contributed by atoms with E-state index in [0.29, 0.717) is 12.3 Å². The van der Waals surface area contributed by atoms with E-state index in [4.69, 9.17) is 9.84 Å². The molecule has 1 aliphatic heterocycles. The molecule has 5 nitrogen and oxygen atoms in total. The number of rotatable bonds is 5. The van der Waals surface area contributed by atoms with Gasteiger partial charge < -0.3 is 14.7 Å². The van der Waals surface area contributed by atoms with E-state index in [0.717, 1.165) is 24.0 Å². The van der Waals surface area contributed by atoms with Crippen molar-refractivity contribution in [1.29, 1.82) is 0 Å². The summed E-state index contributed by atoms with van der Waals surface area (Å²) in [5.41, 5.74) is 2.14. The highest BCUT2D eigenvalue weighted by atomic mass is 16.5. The van der Waals surface area contributed by atoms with Crippen LogP contribution in [0.5, 0.6) is 5.75 Å². The van der Waals surface area contributed by atoms with Gasteiger partial charge in [-0.1, -0.05) is 17.7 Å². The van der Waals surface area contributed by atoms with Crippen molar-refractivity contribution in [2.75, 3.05) is 13.2 Å². The van der Waals surface area contributed by atoms with Crippen LogP contribution < -0.4 is 4.74 Å². The predicted molar refractivity (Wildman–Crippen MR) is 78.4 cm³/mol. The molecule has 1 aromatic rings. The number of hydrogen-bond acceptors (Lipinski definition) is 3. The zero-order chi connectivity index (χ0) is 15.4. The second-order valence-electron chi connectivity index (χ2n) is 5.54. The fourth-order valence-electron chi connectivity index (χ4n) is 2.76. The first kappa shape index (κ1) is 15.4. The van der Waals surface area contributed by atoms with Gasteiger partial charge in [0.2, 0.25) is 0 Å². The Kier molecular flexibility index (Phi) is 4.83. The Balaban J connectivity index is 1.93. The van der Waals surface area contributed by atoms with Crippen molar-refractivity contribution in [2.45, 2.75) is 39.2 Å². The van der Waals surface area contributed by atoms with Crippen LogP contribution in [-0.4, -0.2) is 41.1 Å². The molecule has 1 aromatic carbocycles. The number of amides is 1. The van der Waals surface area contributed by atoms with Crippen molar-refractivity contribution >= 4 is 11.9 Å². The van der Waals surface area contributed by atoms with E-state index in [-0.39, 0.29) is 25.0 Å². The minimum atomic E-state index is -0.866. The molecule has 0 aromatic heterocycles. The van der Waals surface area contributed by atoms with Gasteiger partial charge in [0.05, 0.1) is 6.42 Å². The summed E-state index contributed by atoms with van der Waals surface area (Å²) in [5.74, 6) is -0.309. The number of ether oxygens (including phenoxy) is 1. The van der Waals surface area contributed by atoms with Crippen molar-refractivity contribution in [3.05, 3.63) is 29.3 Å². The lowest BCUT2D eigenvalue weighted by Crippen LogP contribution is -2.39. The van der Waals surface area contributed by atoms with Gasteiger partial charge >= 0.3 is 5.97 Å². The van der Waals surface area contributed by atoms with Crippen molar-refractivity contribution < 1.29 is 19.4 Å². The molecule has 0 saturated carbocycles. The maximum absolute atomic E-state index is 12.2. The minimum Gasteiger partial charge on any atom is -0.484 e. The summed E-state index contributed by atoms with van der Waals surface area (Å²) < 4.78 is 5.58. The number of hydrogen-bond donors (Lipinski definition) is 1. The van der Waals surface area contributed by atoms with Crippen LogP contribution in [0, 0.1) is 13.8 Å². The van der Waals surface area contributed by atoms with E-state index in [1.54, 1.807) is 4.90 Å². The Hall–Kier alpha value is -2.04. The number of likely N-dealkylation sites (tertiary alicyclic amines) is 1. The monoisotopic (exact) mass is 291 g/mol. The fourth-order valence-corrected chi connectivity index (χ4v) is 2.76. The van der Waals surface area contributed by atoms with E-state index in [1.807, 2.05) is 32.0 Å². The van der Waals surface area contributed by atoms with Crippen LogP contribution in [0.15, 0.2) is 18.2 Å². The molecule has 2 rings (SSSR count). The van der Waals surface area contributed by atoms with Gasteiger partial charge in [0.15, 0.2) is 6.61 Å². The number of nitrogens with zero attached hydrogens (tertiary/aromatic N) is 1. The average molecular weight is 291 g/mol. The van der Waals surface area contributed by atoms with Gasteiger partial charge in [0, 0.05) is 12.6 Å². The molecule has 0 radical (unpaired) electrons. The van der Waals surface area contributed by atoms with Crippen LogP contribution in [0.4, 0.5) is 0 Å². The molecule has 21 heavy (non-hydrogen) atoms. The van der Waals surface area contributed by atoms with E-state index in [1.165, 1.54) is 0 Å². The Labute approximate surface area is 124 Å². The van der Waals surface area contributed by atoms with E-state index in [2.05, 4.69) is 0 Å². The summed E-state index contributed by atoms with van der Waals surface area (Å²) in [4.78, 5) is 24.6. The molecule has 1 atom stereocenters. The van der Waals surface area contributed by atoms with Crippen LogP contribution in [0.25, 0.3) is 0 Å². The zero-order valence-electron chi connectivity index (χ0n) is 12.5. The van der Waals surface area contributed by atoms with Gasteiger partial charge in [-0.15, -0.1) is 0 Å². The largest absolute Gasteiger partial charge is 0.484 e. The molecule has 0 aliphatic carbocycles. The summed E-state index contributed by atoms with van der Waals surface area (Å²) in [7, 11) is 0. The lowest BCUT2D eigenvalue weighted by atomic mass is 10.1. The summed E-state index contributed by atoms with van der Waals surface area (Å²) in [6, 6.07) is 5.60.